The Morgan fingerprint density at radius 2 is 2.00 bits per heavy atom. The molecule has 1 aliphatic heterocycles. The van der Waals surface area contributed by atoms with E-state index < -0.39 is 5.60 Å². The van der Waals surface area contributed by atoms with Gasteiger partial charge in [-0.25, -0.2) is 4.79 Å². The summed E-state index contributed by atoms with van der Waals surface area (Å²) in [4.78, 5) is 11.8. The summed E-state index contributed by atoms with van der Waals surface area (Å²) in [5.74, 6) is 0.558. The van der Waals surface area contributed by atoms with Crippen LogP contribution >= 0.6 is 0 Å². The summed E-state index contributed by atoms with van der Waals surface area (Å²) in [6.07, 6.45) is 1.51. The van der Waals surface area contributed by atoms with Crippen LogP contribution in [0.3, 0.4) is 0 Å². The minimum atomic E-state index is -0.853. The molecule has 1 heterocycles. The van der Waals surface area contributed by atoms with Gasteiger partial charge in [-0.1, -0.05) is 6.07 Å². The SMILES string of the molecule is COC(=O)C1(C)CCc2cc(C)c(C)c(C)c2O1. The number of fused-ring (bicyclic) bond motifs is 1. The highest BCUT2D eigenvalue weighted by Gasteiger charge is 2.40. The molecule has 0 fully saturated rings. The van der Waals surface area contributed by atoms with E-state index in [0.717, 1.165) is 17.7 Å². The molecule has 0 saturated heterocycles. The summed E-state index contributed by atoms with van der Waals surface area (Å²) in [7, 11) is 1.40. The van der Waals surface area contributed by atoms with Gasteiger partial charge in [0.25, 0.3) is 0 Å². The molecule has 3 heteroatoms. The zero-order valence-electron chi connectivity index (χ0n) is 11.7. The lowest BCUT2D eigenvalue weighted by Crippen LogP contribution is -2.45. The summed E-state index contributed by atoms with van der Waals surface area (Å²) in [5.41, 5.74) is 3.96. The molecule has 2 rings (SSSR count). The number of esters is 1. The fourth-order valence-corrected chi connectivity index (χ4v) is 2.48. The average Bonchev–Trinajstić information content (AvgIpc) is 2.36. The van der Waals surface area contributed by atoms with E-state index in [2.05, 4.69) is 19.9 Å². The molecule has 0 aliphatic carbocycles. The van der Waals surface area contributed by atoms with Crippen LogP contribution in [0.4, 0.5) is 0 Å². The monoisotopic (exact) mass is 248 g/mol. The van der Waals surface area contributed by atoms with E-state index in [1.807, 2.05) is 6.92 Å². The Labute approximate surface area is 108 Å². The first kappa shape index (κ1) is 12.9. The highest BCUT2D eigenvalue weighted by Crippen LogP contribution is 2.38. The van der Waals surface area contributed by atoms with Crippen molar-refractivity contribution in [2.75, 3.05) is 7.11 Å². The Kier molecular flexibility index (Phi) is 3.09. The normalized spacial score (nSPS) is 22.1. The lowest BCUT2D eigenvalue weighted by Gasteiger charge is -2.34. The van der Waals surface area contributed by atoms with Crippen molar-refractivity contribution < 1.29 is 14.3 Å². The van der Waals surface area contributed by atoms with Crippen LogP contribution in [0, 0.1) is 20.8 Å². The maximum atomic E-state index is 11.8. The highest BCUT2D eigenvalue weighted by atomic mass is 16.6. The van der Waals surface area contributed by atoms with Gasteiger partial charge < -0.3 is 9.47 Å². The van der Waals surface area contributed by atoms with Gasteiger partial charge in [0.15, 0.2) is 0 Å². The van der Waals surface area contributed by atoms with Crippen molar-refractivity contribution in [1.82, 2.24) is 0 Å². The summed E-state index contributed by atoms with van der Waals surface area (Å²) < 4.78 is 10.8. The summed E-state index contributed by atoms with van der Waals surface area (Å²) in [6.45, 7) is 8.04. The fourth-order valence-electron chi connectivity index (χ4n) is 2.48. The van der Waals surface area contributed by atoms with Gasteiger partial charge in [-0.15, -0.1) is 0 Å². The number of hydrogen-bond donors (Lipinski definition) is 0. The molecule has 1 unspecified atom stereocenters. The molecule has 0 radical (unpaired) electrons. The van der Waals surface area contributed by atoms with Crippen molar-refractivity contribution >= 4 is 5.97 Å². The van der Waals surface area contributed by atoms with Gasteiger partial charge in [0, 0.05) is 6.42 Å². The van der Waals surface area contributed by atoms with Crippen LogP contribution in [-0.4, -0.2) is 18.7 Å². The largest absolute Gasteiger partial charge is 0.475 e. The number of rotatable bonds is 1. The molecule has 0 bridgehead atoms. The highest BCUT2D eigenvalue weighted by molar-refractivity contribution is 5.80. The minimum absolute atomic E-state index is 0.300. The molecule has 0 N–H and O–H groups in total. The van der Waals surface area contributed by atoms with Gasteiger partial charge in [-0.3, -0.25) is 0 Å². The van der Waals surface area contributed by atoms with Gasteiger partial charge in [0.1, 0.15) is 5.75 Å². The van der Waals surface area contributed by atoms with Crippen molar-refractivity contribution in [2.24, 2.45) is 0 Å². The predicted octanol–water partition coefficient (Wildman–Crippen LogP) is 2.87. The first-order valence-corrected chi connectivity index (χ1v) is 6.26. The van der Waals surface area contributed by atoms with Crippen molar-refractivity contribution in [3.8, 4) is 5.75 Å². The van der Waals surface area contributed by atoms with Crippen LogP contribution in [0.1, 0.15) is 35.6 Å². The van der Waals surface area contributed by atoms with E-state index in [4.69, 9.17) is 9.47 Å². The molecule has 1 aromatic carbocycles. The van der Waals surface area contributed by atoms with Gasteiger partial charge in [-0.05, 0) is 56.4 Å². The van der Waals surface area contributed by atoms with Gasteiger partial charge >= 0.3 is 5.97 Å². The number of hydrogen-bond acceptors (Lipinski definition) is 3. The quantitative estimate of drug-likeness (QED) is 0.717. The Bertz CT molecular complexity index is 505. The van der Waals surface area contributed by atoms with E-state index in [0.29, 0.717) is 6.42 Å². The molecule has 1 aromatic rings. The van der Waals surface area contributed by atoms with Crippen LogP contribution in [0.5, 0.6) is 5.75 Å². The van der Waals surface area contributed by atoms with Gasteiger partial charge in [-0.2, -0.15) is 0 Å². The molecule has 0 spiro atoms. The molecule has 0 aromatic heterocycles. The van der Waals surface area contributed by atoms with Crippen molar-refractivity contribution in [3.05, 3.63) is 28.3 Å². The minimum Gasteiger partial charge on any atom is -0.475 e. The molecular weight excluding hydrogens is 228 g/mol. The molecule has 98 valence electrons. The second-order valence-corrected chi connectivity index (χ2v) is 5.26. The summed E-state index contributed by atoms with van der Waals surface area (Å²) in [6, 6.07) is 2.16. The zero-order chi connectivity index (χ0) is 13.5. The smallest absolute Gasteiger partial charge is 0.349 e. The Hall–Kier alpha value is -1.51. The molecule has 0 saturated carbocycles. The lowest BCUT2D eigenvalue weighted by molar-refractivity contribution is -0.159. The maximum Gasteiger partial charge on any atom is 0.349 e. The molecule has 18 heavy (non-hydrogen) atoms. The number of carbonyl (C=O) groups excluding carboxylic acids is 1. The topological polar surface area (TPSA) is 35.5 Å². The molecular formula is C15H20O3. The van der Waals surface area contributed by atoms with E-state index in [1.165, 1.54) is 23.8 Å². The summed E-state index contributed by atoms with van der Waals surface area (Å²) >= 11 is 0. The van der Waals surface area contributed by atoms with Crippen LogP contribution in [0.2, 0.25) is 0 Å². The fraction of sp³-hybridized carbons (Fsp3) is 0.533. The molecule has 0 amide bonds. The first-order valence-electron chi connectivity index (χ1n) is 6.26. The third-order valence-corrected chi connectivity index (χ3v) is 3.99. The summed E-state index contributed by atoms with van der Waals surface area (Å²) in [5, 5.41) is 0. The van der Waals surface area contributed by atoms with Crippen LogP contribution < -0.4 is 4.74 Å². The van der Waals surface area contributed by atoms with E-state index in [-0.39, 0.29) is 5.97 Å². The van der Waals surface area contributed by atoms with Crippen molar-refractivity contribution in [2.45, 2.75) is 46.1 Å². The molecule has 3 nitrogen and oxygen atoms in total. The van der Waals surface area contributed by atoms with Crippen LogP contribution in [0.15, 0.2) is 6.07 Å². The predicted molar refractivity (Wildman–Crippen MR) is 70.0 cm³/mol. The zero-order valence-corrected chi connectivity index (χ0v) is 11.7. The van der Waals surface area contributed by atoms with E-state index in [9.17, 15) is 4.79 Å². The number of ether oxygens (including phenoxy) is 2. The number of aryl methyl sites for hydroxylation is 2. The van der Waals surface area contributed by atoms with Crippen molar-refractivity contribution in [3.63, 3.8) is 0 Å². The third kappa shape index (κ3) is 1.88. The Morgan fingerprint density at radius 3 is 2.61 bits per heavy atom. The number of benzene rings is 1. The van der Waals surface area contributed by atoms with E-state index in [1.54, 1.807) is 6.92 Å². The second kappa shape index (κ2) is 4.30. The average molecular weight is 248 g/mol. The van der Waals surface area contributed by atoms with E-state index >= 15 is 0 Å². The maximum absolute atomic E-state index is 11.8. The second-order valence-electron chi connectivity index (χ2n) is 5.26. The standard InChI is InChI=1S/C15H20O3/c1-9-8-12-6-7-15(4,14(16)17-5)18-13(12)11(3)10(9)2/h8H,6-7H2,1-5H3. The molecule has 1 aliphatic rings. The Balaban J connectivity index is 2.46. The van der Waals surface area contributed by atoms with Gasteiger partial charge in [0.2, 0.25) is 5.60 Å². The van der Waals surface area contributed by atoms with Gasteiger partial charge in [0.05, 0.1) is 7.11 Å². The third-order valence-electron chi connectivity index (χ3n) is 3.99. The first-order chi connectivity index (χ1) is 8.39. The van der Waals surface area contributed by atoms with Crippen LogP contribution in [0.25, 0.3) is 0 Å². The van der Waals surface area contributed by atoms with Crippen LogP contribution in [-0.2, 0) is 16.0 Å². The lowest BCUT2D eigenvalue weighted by atomic mass is 9.89. The van der Waals surface area contributed by atoms with Crippen molar-refractivity contribution in [1.29, 1.82) is 0 Å². The molecule has 1 atom stereocenters. The Morgan fingerprint density at radius 1 is 1.33 bits per heavy atom. The number of carbonyl (C=O) groups is 1. The number of methoxy groups -OCH3 is 1.